The fraction of sp³-hybridized carbons (Fsp3) is 0.571. The SMILES string of the molecule is C[Si](C)(C)CCOCN1C(=O)CCC(C2Cc3ccc(CO)cc3C2=O)C1=O. The molecule has 2 amide bonds. The van der Waals surface area contributed by atoms with Crippen molar-refractivity contribution in [1.82, 2.24) is 4.90 Å². The van der Waals surface area contributed by atoms with Gasteiger partial charge in [-0.15, -0.1) is 0 Å². The number of fused-ring (bicyclic) bond motifs is 1. The second kappa shape index (κ2) is 8.27. The molecule has 0 radical (unpaired) electrons. The molecule has 1 heterocycles. The summed E-state index contributed by atoms with van der Waals surface area (Å²) in [4.78, 5) is 39.3. The second-order valence-corrected chi connectivity index (χ2v) is 14.6. The van der Waals surface area contributed by atoms with Gasteiger partial charge in [0.05, 0.1) is 6.61 Å². The number of likely N-dealkylation sites (tertiary alicyclic amines) is 1. The monoisotopic (exact) mass is 403 g/mol. The lowest BCUT2D eigenvalue weighted by Crippen LogP contribution is -2.49. The second-order valence-electron chi connectivity index (χ2n) is 8.98. The summed E-state index contributed by atoms with van der Waals surface area (Å²) in [6.07, 6.45) is 1.17. The number of piperidine rings is 1. The van der Waals surface area contributed by atoms with E-state index in [1.54, 1.807) is 12.1 Å². The van der Waals surface area contributed by atoms with Crippen LogP contribution < -0.4 is 0 Å². The van der Waals surface area contributed by atoms with Crippen LogP contribution in [0.4, 0.5) is 0 Å². The Morgan fingerprint density at radius 3 is 2.61 bits per heavy atom. The molecule has 1 N–H and O–H groups in total. The van der Waals surface area contributed by atoms with Crippen LogP contribution in [0, 0.1) is 11.8 Å². The minimum Gasteiger partial charge on any atom is -0.392 e. The summed E-state index contributed by atoms with van der Waals surface area (Å²) in [5, 5.41) is 9.31. The predicted molar refractivity (Wildman–Crippen MR) is 107 cm³/mol. The van der Waals surface area contributed by atoms with Crippen molar-refractivity contribution in [2.75, 3.05) is 13.3 Å². The number of carbonyl (C=O) groups excluding carboxylic acids is 3. The Morgan fingerprint density at radius 1 is 1.18 bits per heavy atom. The summed E-state index contributed by atoms with van der Waals surface area (Å²) in [7, 11) is -1.24. The van der Waals surface area contributed by atoms with Gasteiger partial charge in [0.1, 0.15) is 6.73 Å². The average molecular weight is 404 g/mol. The maximum absolute atomic E-state index is 13.0. The normalized spacial score (nSPS) is 22.7. The molecule has 0 aromatic heterocycles. The first-order chi connectivity index (χ1) is 13.2. The highest BCUT2D eigenvalue weighted by molar-refractivity contribution is 6.76. The van der Waals surface area contributed by atoms with Gasteiger partial charge >= 0.3 is 0 Å². The van der Waals surface area contributed by atoms with Gasteiger partial charge in [-0.2, -0.15) is 0 Å². The third kappa shape index (κ3) is 4.42. The minimum absolute atomic E-state index is 0.0266. The number of rotatable bonds is 7. The molecule has 28 heavy (non-hydrogen) atoms. The van der Waals surface area contributed by atoms with Gasteiger partial charge < -0.3 is 9.84 Å². The molecule has 152 valence electrons. The van der Waals surface area contributed by atoms with Gasteiger partial charge in [0.15, 0.2) is 5.78 Å². The number of Topliss-reactive ketones (excluding diaryl/α,β-unsaturated/α-hetero) is 1. The van der Waals surface area contributed by atoms with Crippen LogP contribution in [0.2, 0.25) is 25.7 Å². The van der Waals surface area contributed by atoms with Gasteiger partial charge in [-0.05, 0) is 36.1 Å². The first-order valence-corrected chi connectivity index (χ1v) is 13.6. The largest absolute Gasteiger partial charge is 0.392 e. The molecule has 2 unspecified atom stereocenters. The van der Waals surface area contributed by atoms with Crippen molar-refractivity contribution in [3.05, 3.63) is 34.9 Å². The van der Waals surface area contributed by atoms with E-state index in [9.17, 15) is 19.5 Å². The zero-order valence-electron chi connectivity index (χ0n) is 16.9. The summed E-state index contributed by atoms with van der Waals surface area (Å²) in [6, 6.07) is 6.34. The number of ether oxygens (including phenoxy) is 1. The molecule has 0 saturated carbocycles. The molecule has 2 aliphatic rings. The van der Waals surface area contributed by atoms with Crippen LogP contribution in [0.15, 0.2) is 18.2 Å². The number of hydrogen-bond acceptors (Lipinski definition) is 5. The quantitative estimate of drug-likeness (QED) is 0.430. The molecule has 2 atom stereocenters. The van der Waals surface area contributed by atoms with E-state index < -0.39 is 19.9 Å². The zero-order valence-corrected chi connectivity index (χ0v) is 17.9. The highest BCUT2D eigenvalue weighted by Crippen LogP contribution is 2.37. The van der Waals surface area contributed by atoms with Crippen molar-refractivity contribution in [2.24, 2.45) is 11.8 Å². The maximum atomic E-state index is 13.0. The van der Waals surface area contributed by atoms with Gasteiger partial charge in [-0.1, -0.05) is 31.8 Å². The van der Waals surface area contributed by atoms with E-state index >= 15 is 0 Å². The number of nitrogens with zero attached hydrogens (tertiary/aromatic N) is 1. The summed E-state index contributed by atoms with van der Waals surface area (Å²) in [5.74, 6) is -1.50. The number of amides is 2. The van der Waals surface area contributed by atoms with Crippen molar-refractivity contribution in [3.8, 4) is 0 Å². The summed E-state index contributed by atoms with van der Waals surface area (Å²) >= 11 is 0. The van der Waals surface area contributed by atoms with Crippen LogP contribution in [0.5, 0.6) is 0 Å². The topological polar surface area (TPSA) is 83.9 Å². The summed E-state index contributed by atoms with van der Waals surface area (Å²) < 4.78 is 5.63. The van der Waals surface area contributed by atoms with Gasteiger partial charge in [0, 0.05) is 38.5 Å². The third-order valence-corrected chi connectivity index (χ3v) is 7.36. The van der Waals surface area contributed by atoms with E-state index in [1.807, 2.05) is 6.07 Å². The molecule has 0 bridgehead atoms. The van der Waals surface area contributed by atoms with Crippen LogP contribution in [0.3, 0.4) is 0 Å². The van der Waals surface area contributed by atoms with Crippen molar-refractivity contribution < 1.29 is 24.2 Å². The Balaban J connectivity index is 1.67. The number of imide groups is 1. The highest BCUT2D eigenvalue weighted by Gasteiger charge is 2.44. The molecule has 1 aromatic rings. The number of carbonyl (C=O) groups is 3. The van der Waals surface area contributed by atoms with Crippen molar-refractivity contribution in [2.45, 2.75) is 51.6 Å². The Morgan fingerprint density at radius 2 is 1.93 bits per heavy atom. The van der Waals surface area contributed by atoms with E-state index in [0.29, 0.717) is 30.6 Å². The fourth-order valence-electron chi connectivity index (χ4n) is 3.89. The van der Waals surface area contributed by atoms with E-state index in [2.05, 4.69) is 19.6 Å². The lowest BCUT2D eigenvalue weighted by molar-refractivity contribution is -0.159. The predicted octanol–water partition coefficient (Wildman–Crippen LogP) is 2.61. The van der Waals surface area contributed by atoms with E-state index in [0.717, 1.165) is 11.6 Å². The third-order valence-electron chi connectivity index (χ3n) is 5.65. The molecule has 1 aromatic carbocycles. The van der Waals surface area contributed by atoms with Crippen LogP contribution >= 0.6 is 0 Å². The Kier molecular flexibility index (Phi) is 6.17. The lowest BCUT2D eigenvalue weighted by atomic mass is 9.82. The highest BCUT2D eigenvalue weighted by atomic mass is 28.3. The number of aliphatic hydroxyl groups excluding tert-OH is 1. The molecule has 1 saturated heterocycles. The molecular weight excluding hydrogens is 374 g/mol. The standard InChI is InChI=1S/C21H29NO5Si/c1-28(2,3)9-8-27-13-22-19(24)7-6-16(21(22)26)18-11-15-5-4-14(12-23)10-17(15)20(18)25/h4-5,10,16,18,23H,6-9,11-13H2,1-3H3. The molecule has 3 rings (SSSR count). The molecule has 6 nitrogen and oxygen atoms in total. The van der Waals surface area contributed by atoms with Gasteiger partial charge in [-0.3, -0.25) is 19.3 Å². The molecule has 7 heteroatoms. The van der Waals surface area contributed by atoms with Gasteiger partial charge in [-0.25, -0.2) is 0 Å². The first kappa shape index (κ1) is 20.9. The first-order valence-electron chi connectivity index (χ1n) is 9.90. The number of ketones is 1. The van der Waals surface area contributed by atoms with Crippen LogP contribution in [0.25, 0.3) is 0 Å². The zero-order chi connectivity index (χ0) is 20.5. The lowest BCUT2D eigenvalue weighted by Gasteiger charge is -2.33. The molecule has 0 spiro atoms. The summed E-state index contributed by atoms with van der Waals surface area (Å²) in [5.41, 5.74) is 2.20. The fourth-order valence-corrected chi connectivity index (χ4v) is 4.64. The van der Waals surface area contributed by atoms with E-state index in [1.165, 1.54) is 4.90 Å². The van der Waals surface area contributed by atoms with Crippen LogP contribution in [0.1, 0.15) is 34.3 Å². The van der Waals surface area contributed by atoms with E-state index in [-0.39, 0.29) is 37.4 Å². The van der Waals surface area contributed by atoms with Gasteiger partial charge in [0.2, 0.25) is 11.8 Å². The van der Waals surface area contributed by atoms with Crippen molar-refractivity contribution >= 4 is 25.7 Å². The van der Waals surface area contributed by atoms with Crippen LogP contribution in [-0.2, 0) is 27.4 Å². The maximum Gasteiger partial charge on any atom is 0.234 e. The van der Waals surface area contributed by atoms with Crippen LogP contribution in [-0.4, -0.2) is 49.0 Å². The smallest absolute Gasteiger partial charge is 0.234 e. The van der Waals surface area contributed by atoms with E-state index in [4.69, 9.17) is 4.74 Å². The Hall–Kier alpha value is -1.83. The number of benzene rings is 1. The average Bonchev–Trinajstić information content (AvgIpc) is 2.96. The minimum atomic E-state index is -1.24. The number of hydrogen-bond donors (Lipinski definition) is 1. The molecule has 1 aliphatic carbocycles. The number of aliphatic hydroxyl groups is 1. The van der Waals surface area contributed by atoms with Gasteiger partial charge in [0.25, 0.3) is 0 Å². The summed E-state index contributed by atoms with van der Waals surface area (Å²) in [6.45, 7) is 7.13. The van der Waals surface area contributed by atoms with Crippen molar-refractivity contribution in [3.63, 3.8) is 0 Å². The Bertz CT molecular complexity index is 785. The molecule has 1 fully saturated rings. The molecule has 1 aliphatic heterocycles. The van der Waals surface area contributed by atoms with Crippen molar-refractivity contribution in [1.29, 1.82) is 0 Å². The Labute approximate surface area is 166 Å². The molecular formula is C21H29NO5Si.